The van der Waals surface area contributed by atoms with E-state index in [1.165, 1.54) is 5.56 Å². The number of hydrogen-bond acceptors (Lipinski definition) is 4. The van der Waals surface area contributed by atoms with Gasteiger partial charge >= 0.3 is 5.97 Å². The third kappa shape index (κ3) is 3.15. The first-order valence-electron chi connectivity index (χ1n) is 6.13. The Balaban J connectivity index is 2.21. The van der Waals surface area contributed by atoms with E-state index in [-0.39, 0.29) is 6.42 Å². The number of benzene rings is 1. The highest BCUT2D eigenvalue weighted by atomic mass is 16.4. The van der Waals surface area contributed by atoms with Crippen molar-refractivity contribution in [3.05, 3.63) is 29.3 Å². The lowest BCUT2D eigenvalue weighted by Crippen LogP contribution is -2.06. The lowest BCUT2D eigenvalue weighted by Gasteiger charge is -2.07. The minimum Gasteiger partial charge on any atom is -0.481 e. The van der Waals surface area contributed by atoms with Crippen LogP contribution in [-0.4, -0.2) is 31.3 Å². The molecule has 0 bridgehead atoms. The van der Waals surface area contributed by atoms with Crippen LogP contribution in [0.3, 0.4) is 0 Å². The average Bonchev–Trinajstić information content (AvgIpc) is 2.77. The second-order valence-corrected chi connectivity index (χ2v) is 4.54. The van der Waals surface area contributed by atoms with Crippen LogP contribution in [0, 0.1) is 13.8 Å². The monoisotopic (exact) mass is 260 g/mol. The van der Waals surface area contributed by atoms with E-state index in [1.54, 1.807) is 4.68 Å². The minimum absolute atomic E-state index is 0.117. The van der Waals surface area contributed by atoms with E-state index < -0.39 is 5.97 Å². The molecule has 6 nitrogen and oxygen atoms in total. The van der Waals surface area contributed by atoms with Crippen molar-refractivity contribution in [2.24, 2.45) is 0 Å². The molecule has 1 N–H and O–H groups in total. The summed E-state index contributed by atoms with van der Waals surface area (Å²) < 4.78 is 1.65. The molecule has 0 aliphatic carbocycles. The van der Waals surface area contributed by atoms with Gasteiger partial charge < -0.3 is 5.11 Å². The van der Waals surface area contributed by atoms with Crippen molar-refractivity contribution in [2.45, 2.75) is 33.2 Å². The molecule has 100 valence electrons. The fourth-order valence-electron chi connectivity index (χ4n) is 1.99. The Hall–Kier alpha value is -2.24. The third-order valence-corrected chi connectivity index (χ3v) is 2.92. The first kappa shape index (κ1) is 13.2. The van der Waals surface area contributed by atoms with E-state index in [0.29, 0.717) is 18.8 Å². The van der Waals surface area contributed by atoms with Crippen molar-refractivity contribution in [2.75, 3.05) is 0 Å². The number of carboxylic acid groups (broad SMARTS) is 1. The van der Waals surface area contributed by atoms with Crippen molar-refractivity contribution < 1.29 is 9.90 Å². The van der Waals surface area contributed by atoms with Crippen LogP contribution in [0.15, 0.2) is 18.2 Å². The van der Waals surface area contributed by atoms with Crippen LogP contribution in [0.5, 0.6) is 0 Å². The molecule has 0 atom stereocenters. The predicted octanol–water partition coefficient (Wildman–Crippen LogP) is 1.82. The van der Waals surface area contributed by atoms with Gasteiger partial charge in [0.1, 0.15) is 0 Å². The van der Waals surface area contributed by atoms with E-state index >= 15 is 0 Å². The summed E-state index contributed by atoms with van der Waals surface area (Å²) in [5, 5.41) is 20.3. The maximum Gasteiger partial charge on any atom is 0.303 e. The topological polar surface area (TPSA) is 80.9 Å². The molecule has 0 unspecified atom stereocenters. The fourth-order valence-corrected chi connectivity index (χ4v) is 1.99. The maximum atomic E-state index is 10.5. The van der Waals surface area contributed by atoms with Gasteiger partial charge in [-0.3, -0.25) is 4.79 Å². The average molecular weight is 260 g/mol. The highest BCUT2D eigenvalue weighted by Crippen LogP contribution is 2.21. The zero-order valence-corrected chi connectivity index (χ0v) is 11.0. The number of rotatable bonds is 5. The van der Waals surface area contributed by atoms with E-state index in [4.69, 9.17) is 5.11 Å². The van der Waals surface area contributed by atoms with E-state index in [2.05, 4.69) is 21.6 Å². The van der Waals surface area contributed by atoms with Crippen LogP contribution in [0.4, 0.5) is 0 Å². The van der Waals surface area contributed by atoms with Crippen molar-refractivity contribution in [3.63, 3.8) is 0 Å². The Morgan fingerprint density at radius 3 is 2.84 bits per heavy atom. The van der Waals surface area contributed by atoms with E-state index in [0.717, 1.165) is 11.1 Å². The molecule has 1 aromatic carbocycles. The largest absolute Gasteiger partial charge is 0.481 e. The van der Waals surface area contributed by atoms with Crippen LogP contribution in [-0.2, 0) is 11.3 Å². The number of carboxylic acids is 1. The second kappa shape index (κ2) is 5.60. The Kier molecular flexibility index (Phi) is 3.89. The van der Waals surface area contributed by atoms with Crippen molar-refractivity contribution in [1.29, 1.82) is 0 Å². The van der Waals surface area contributed by atoms with Crippen molar-refractivity contribution in [3.8, 4) is 11.4 Å². The SMILES string of the molecule is Cc1ccc(-c2nnnn2CCCC(=O)O)c(C)c1. The van der Waals surface area contributed by atoms with Gasteiger partial charge in [-0.25, -0.2) is 4.68 Å². The predicted molar refractivity (Wildman–Crippen MR) is 69.6 cm³/mol. The summed E-state index contributed by atoms with van der Waals surface area (Å²) in [5.41, 5.74) is 3.27. The molecule has 6 heteroatoms. The Morgan fingerprint density at radius 2 is 2.16 bits per heavy atom. The lowest BCUT2D eigenvalue weighted by atomic mass is 10.1. The van der Waals surface area contributed by atoms with Crippen LogP contribution >= 0.6 is 0 Å². The van der Waals surface area contributed by atoms with Crippen LogP contribution in [0.25, 0.3) is 11.4 Å². The lowest BCUT2D eigenvalue weighted by molar-refractivity contribution is -0.137. The standard InChI is InChI=1S/C13H16N4O2/c1-9-5-6-11(10(2)8-9)13-14-15-16-17(13)7-3-4-12(18)19/h5-6,8H,3-4,7H2,1-2H3,(H,18,19). The van der Waals surface area contributed by atoms with E-state index in [9.17, 15) is 4.79 Å². The van der Waals surface area contributed by atoms with Gasteiger partial charge in [0.15, 0.2) is 5.82 Å². The van der Waals surface area contributed by atoms with Gasteiger partial charge in [0, 0.05) is 18.5 Å². The third-order valence-electron chi connectivity index (χ3n) is 2.92. The molecular weight excluding hydrogens is 244 g/mol. The van der Waals surface area contributed by atoms with Gasteiger partial charge in [-0.15, -0.1) is 5.10 Å². The zero-order valence-electron chi connectivity index (χ0n) is 11.0. The van der Waals surface area contributed by atoms with Crippen LogP contribution in [0.1, 0.15) is 24.0 Å². The second-order valence-electron chi connectivity index (χ2n) is 4.54. The summed E-state index contributed by atoms with van der Waals surface area (Å²) in [6, 6.07) is 6.08. The fraction of sp³-hybridized carbons (Fsp3) is 0.385. The normalized spacial score (nSPS) is 10.6. The molecule has 0 spiro atoms. The number of aryl methyl sites for hydroxylation is 3. The molecule has 0 amide bonds. The number of hydrogen-bond donors (Lipinski definition) is 1. The Labute approximate surface area is 111 Å². The Morgan fingerprint density at radius 1 is 1.37 bits per heavy atom. The summed E-state index contributed by atoms with van der Waals surface area (Å²) in [4.78, 5) is 10.5. The number of aromatic nitrogens is 4. The molecule has 0 aliphatic heterocycles. The highest BCUT2D eigenvalue weighted by Gasteiger charge is 2.11. The smallest absolute Gasteiger partial charge is 0.303 e. The summed E-state index contributed by atoms with van der Waals surface area (Å²) in [5.74, 6) is -0.121. The number of nitrogens with zero attached hydrogens (tertiary/aromatic N) is 4. The summed E-state index contributed by atoms with van der Waals surface area (Å²) >= 11 is 0. The molecule has 1 aromatic heterocycles. The maximum absolute atomic E-state index is 10.5. The van der Waals surface area contributed by atoms with Gasteiger partial charge in [0.05, 0.1) is 0 Å². The summed E-state index contributed by atoms with van der Waals surface area (Å²) in [7, 11) is 0. The van der Waals surface area contributed by atoms with Gasteiger partial charge in [-0.2, -0.15) is 0 Å². The molecule has 19 heavy (non-hydrogen) atoms. The Bertz CT molecular complexity index is 592. The molecule has 1 heterocycles. The number of aliphatic carboxylic acids is 1. The summed E-state index contributed by atoms with van der Waals surface area (Å²) in [6.45, 7) is 4.55. The molecule has 2 aromatic rings. The van der Waals surface area contributed by atoms with Gasteiger partial charge in [0.2, 0.25) is 0 Å². The molecule has 0 saturated heterocycles. The van der Waals surface area contributed by atoms with Gasteiger partial charge in [-0.1, -0.05) is 23.8 Å². The first-order valence-corrected chi connectivity index (χ1v) is 6.13. The molecule has 0 aliphatic rings. The molecule has 0 saturated carbocycles. The first-order chi connectivity index (χ1) is 9.08. The molecular formula is C13H16N4O2. The highest BCUT2D eigenvalue weighted by molar-refractivity contribution is 5.66. The molecule has 2 rings (SSSR count). The van der Waals surface area contributed by atoms with Crippen LogP contribution < -0.4 is 0 Å². The van der Waals surface area contributed by atoms with Crippen molar-refractivity contribution in [1.82, 2.24) is 20.2 Å². The van der Waals surface area contributed by atoms with Gasteiger partial charge in [-0.05, 0) is 36.3 Å². The summed E-state index contributed by atoms with van der Waals surface area (Å²) in [6.07, 6.45) is 0.629. The number of carbonyl (C=O) groups is 1. The van der Waals surface area contributed by atoms with Crippen LogP contribution in [0.2, 0.25) is 0 Å². The quantitative estimate of drug-likeness (QED) is 0.886. The molecule has 0 fully saturated rings. The van der Waals surface area contributed by atoms with E-state index in [1.807, 2.05) is 26.0 Å². The zero-order chi connectivity index (χ0) is 13.8. The van der Waals surface area contributed by atoms with Crippen molar-refractivity contribution >= 4 is 5.97 Å². The molecule has 0 radical (unpaired) electrons. The van der Waals surface area contributed by atoms with Gasteiger partial charge in [0.25, 0.3) is 0 Å². The minimum atomic E-state index is -0.804. The number of tetrazole rings is 1.